The first-order valence-corrected chi connectivity index (χ1v) is 12.7. The lowest BCUT2D eigenvalue weighted by molar-refractivity contribution is 0.192. The monoisotopic (exact) mass is 491 g/mol. The molecule has 1 N–H and O–H groups in total. The molecule has 1 fully saturated rings. The minimum Gasteiger partial charge on any atom is -0.493 e. The Labute approximate surface area is 210 Å². The van der Waals surface area contributed by atoms with Gasteiger partial charge in [0.05, 0.1) is 18.5 Å². The Balaban J connectivity index is 1.46. The highest BCUT2D eigenvalue weighted by Crippen LogP contribution is 2.38. The van der Waals surface area contributed by atoms with Crippen LogP contribution >= 0.6 is 0 Å². The highest BCUT2D eigenvalue weighted by Gasteiger charge is 2.26. The highest BCUT2D eigenvalue weighted by atomic mass is 19.1. The minimum atomic E-state index is -0.321. The molecule has 5 rings (SSSR count). The Hall–Kier alpha value is -3.33. The number of ether oxygens (including phenoxy) is 1. The number of aromatic amines is 1. The van der Waals surface area contributed by atoms with E-state index >= 15 is 4.39 Å². The fourth-order valence-electron chi connectivity index (χ4n) is 5.31. The van der Waals surface area contributed by atoms with Gasteiger partial charge in [0.25, 0.3) is 0 Å². The molecule has 0 amide bonds. The summed E-state index contributed by atoms with van der Waals surface area (Å²) in [6.45, 7) is 11.9. The van der Waals surface area contributed by atoms with Crippen molar-refractivity contribution in [2.24, 2.45) is 5.92 Å². The third-order valence-corrected chi connectivity index (χ3v) is 7.00. The molecule has 0 aliphatic carbocycles. The lowest BCUT2D eigenvalue weighted by Crippen LogP contribution is -2.35. The standard InChI is InChI=1S/C27H34FN7O/c1-16(2)13-34-8-6-18(7-9-34)19-10-21(28)25(29-12-19)26-23(17(3)4)24(32-33-26)20-11-22(36-5)27-30-15-31-35(27)14-20/h10-12,14-18H,6-9,13H2,1-5H3,(H,32,33). The van der Waals surface area contributed by atoms with Crippen molar-refractivity contribution in [2.45, 2.75) is 52.4 Å². The fraction of sp³-hybridized carbons (Fsp3) is 0.481. The first-order chi connectivity index (χ1) is 17.4. The third-order valence-electron chi connectivity index (χ3n) is 7.00. The molecule has 36 heavy (non-hydrogen) atoms. The van der Waals surface area contributed by atoms with E-state index < -0.39 is 0 Å². The molecule has 0 radical (unpaired) electrons. The van der Waals surface area contributed by atoms with Crippen molar-refractivity contribution in [1.29, 1.82) is 0 Å². The number of nitrogens with zero attached hydrogens (tertiary/aromatic N) is 6. The SMILES string of the molecule is COc1cc(-c2n[nH]c(-c3ncc(C4CCN(CC(C)C)CC4)cc3F)c2C(C)C)cn2ncnc12. The molecule has 1 aliphatic heterocycles. The Morgan fingerprint density at radius 3 is 2.56 bits per heavy atom. The van der Waals surface area contributed by atoms with Crippen LogP contribution in [-0.2, 0) is 0 Å². The number of methoxy groups -OCH3 is 1. The Morgan fingerprint density at radius 2 is 1.89 bits per heavy atom. The summed E-state index contributed by atoms with van der Waals surface area (Å²) in [7, 11) is 1.60. The van der Waals surface area contributed by atoms with Crippen molar-refractivity contribution in [3.05, 3.63) is 47.8 Å². The van der Waals surface area contributed by atoms with E-state index in [4.69, 9.17) is 4.74 Å². The lowest BCUT2D eigenvalue weighted by atomic mass is 9.89. The quantitative estimate of drug-likeness (QED) is 0.378. The van der Waals surface area contributed by atoms with Crippen LogP contribution in [-0.4, -0.2) is 61.4 Å². The molecule has 190 valence electrons. The predicted octanol–water partition coefficient (Wildman–Crippen LogP) is 5.29. The topological polar surface area (TPSA) is 84.2 Å². The zero-order valence-corrected chi connectivity index (χ0v) is 21.6. The average molecular weight is 492 g/mol. The molecule has 4 aromatic rings. The third kappa shape index (κ3) is 4.59. The van der Waals surface area contributed by atoms with E-state index in [0.717, 1.165) is 54.9 Å². The van der Waals surface area contributed by atoms with Gasteiger partial charge in [0.15, 0.2) is 17.2 Å². The van der Waals surface area contributed by atoms with Gasteiger partial charge in [-0.2, -0.15) is 10.2 Å². The predicted molar refractivity (Wildman–Crippen MR) is 138 cm³/mol. The Kier molecular flexibility index (Phi) is 6.75. The Bertz CT molecular complexity index is 1350. The van der Waals surface area contributed by atoms with E-state index in [9.17, 15) is 0 Å². The van der Waals surface area contributed by atoms with Crippen molar-refractivity contribution < 1.29 is 9.13 Å². The van der Waals surface area contributed by atoms with E-state index in [0.29, 0.717) is 34.6 Å². The zero-order chi connectivity index (χ0) is 25.4. The summed E-state index contributed by atoms with van der Waals surface area (Å²) in [5, 5.41) is 11.9. The number of hydrogen-bond acceptors (Lipinski definition) is 6. The number of fused-ring (bicyclic) bond motifs is 1. The molecule has 0 aromatic carbocycles. The van der Waals surface area contributed by atoms with Crippen LogP contribution in [0.1, 0.15) is 63.5 Å². The van der Waals surface area contributed by atoms with Crippen LogP contribution in [0.15, 0.2) is 30.9 Å². The van der Waals surface area contributed by atoms with Crippen LogP contribution in [0, 0.1) is 11.7 Å². The molecule has 5 heterocycles. The van der Waals surface area contributed by atoms with Crippen molar-refractivity contribution >= 4 is 5.65 Å². The maximum atomic E-state index is 15.5. The van der Waals surface area contributed by atoms with E-state index in [-0.39, 0.29) is 11.7 Å². The average Bonchev–Trinajstić information content (AvgIpc) is 3.51. The van der Waals surface area contributed by atoms with E-state index in [1.807, 2.05) is 18.5 Å². The van der Waals surface area contributed by atoms with Crippen LogP contribution in [0.3, 0.4) is 0 Å². The first kappa shape index (κ1) is 24.4. The van der Waals surface area contributed by atoms with Gasteiger partial charge in [-0.15, -0.1) is 0 Å². The maximum Gasteiger partial charge on any atom is 0.197 e. The minimum absolute atomic E-state index is 0.0809. The first-order valence-electron chi connectivity index (χ1n) is 12.7. The molecule has 9 heteroatoms. The van der Waals surface area contributed by atoms with Gasteiger partial charge < -0.3 is 9.64 Å². The molecule has 0 unspecified atom stereocenters. The van der Waals surface area contributed by atoms with Crippen LogP contribution in [0.2, 0.25) is 0 Å². The summed E-state index contributed by atoms with van der Waals surface area (Å²) in [5.41, 5.74) is 4.94. The van der Waals surface area contributed by atoms with Crippen LogP contribution in [0.25, 0.3) is 28.3 Å². The molecule has 0 spiro atoms. The summed E-state index contributed by atoms with van der Waals surface area (Å²) < 4.78 is 22.7. The maximum absolute atomic E-state index is 15.5. The number of aromatic nitrogens is 6. The summed E-state index contributed by atoms with van der Waals surface area (Å²) >= 11 is 0. The van der Waals surface area contributed by atoms with Crippen molar-refractivity contribution in [2.75, 3.05) is 26.7 Å². The van der Waals surface area contributed by atoms with Gasteiger partial charge in [-0.25, -0.2) is 13.9 Å². The number of pyridine rings is 2. The van der Waals surface area contributed by atoms with Gasteiger partial charge in [-0.1, -0.05) is 27.7 Å². The normalized spacial score (nSPS) is 15.4. The Morgan fingerprint density at radius 1 is 1.11 bits per heavy atom. The zero-order valence-electron chi connectivity index (χ0n) is 21.6. The number of halogens is 1. The number of rotatable bonds is 7. The number of piperidine rings is 1. The van der Waals surface area contributed by atoms with Gasteiger partial charge in [-0.3, -0.25) is 10.1 Å². The molecular formula is C27H34FN7O. The molecule has 0 atom stereocenters. The largest absolute Gasteiger partial charge is 0.493 e. The lowest BCUT2D eigenvalue weighted by Gasteiger charge is -2.33. The second-order valence-corrected chi connectivity index (χ2v) is 10.4. The van der Waals surface area contributed by atoms with Gasteiger partial charge in [0.2, 0.25) is 0 Å². The van der Waals surface area contributed by atoms with Crippen LogP contribution < -0.4 is 4.74 Å². The van der Waals surface area contributed by atoms with E-state index in [1.54, 1.807) is 17.7 Å². The molecule has 0 bridgehead atoms. The number of H-pyrrole nitrogens is 1. The van der Waals surface area contributed by atoms with Gasteiger partial charge in [0.1, 0.15) is 12.0 Å². The number of nitrogens with one attached hydrogen (secondary N) is 1. The van der Waals surface area contributed by atoms with Crippen LogP contribution in [0.4, 0.5) is 4.39 Å². The fourth-order valence-corrected chi connectivity index (χ4v) is 5.31. The van der Waals surface area contributed by atoms with Gasteiger partial charge in [0, 0.05) is 30.1 Å². The highest BCUT2D eigenvalue weighted by molar-refractivity contribution is 5.75. The smallest absolute Gasteiger partial charge is 0.197 e. The summed E-state index contributed by atoms with van der Waals surface area (Å²) in [6, 6.07) is 3.55. The summed E-state index contributed by atoms with van der Waals surface area (Å²) in [4.78, 5) is 11.4. The molecule has 4 aromatic heterocycles. The van der Waals surface area contributed by atoms with E-state index in [2.05, 4.69) is 57.9 Å². The van der Waals surface area contributed by atoms with E-state index in [1.165, 1.54) is 6.33 Å². The van der Waals surface area contributed by atoms with Crippen molar-refractivity contribution in [3.8, 4) is 28.4 Å². The second-order valence-electron chi connectivity index (χ2n) is 10.4. The van der Waals surface area contributed by atoms with Gasteiger partial charge in [-0.05, 0) is 61.4 Å². The van der Waals surface area contributed by atoms with Crippen molar-refractivity contribution in [3.63, 3.8) is 0 Å². The molecule has 1 aliphatic rings. The molecule has 8 nitrogen and oxygen atoms in total. The molecule has 0 saturated carbocycles. The van der Waals surface area contributed by atoms with Crippen molar-refractivity contribution in [1.82, 2.24) is 34.7 Å². The summed E-state index contributed by atoms with van der Waals surface area (Å²) in [6.07, 6.45) is 7.25. The molecular weight excluding hydrogens is 457 g/mol. The van der Waals surface area contributed by atoms with Gasteiger partial charge >= 0.3 is 0 Å². The summed E-state index contributed by atoms with van der Waals surface area (Å²) in [5.74, 6) is 1.36. The number of hydrogen-bond donors (Lipinski definition) is 1. The van der Waals surface area contributed by atoms with Crippen LogP contribution in [0.5, 0.6) is 5.75 Å². The molecule has 1 saturated heterocycles. The second kappa shape index (κ2) is 9.97. The number of likely N-dealkylation sites (tertiary alicyclic amines) is 1.